The normalized spacial score (nSPS) is 18.4. The summed E-state index contributed by atoms with van der Waals surface area (Å²) in [6, 6.07) is 21.8. The van der Waals surface area contributed by atoms with Crippen molar-refractivity contribution in [2.24, 2.45) is 23.7 Å². The number of fused-ring (bicyclic) bond motifs is 11. The maximum absolute atomic E-state index is 9.52. The summed E-state index contributed by atoms with van der Waals surface area (Å²) in [5.74, 6) is 4.32. The van der Waals surface area contributed by atoms with Gasteiger partial charge in [-0.2, -0.15) is 0 Å². The molecule has 1 heterocycles. The van der Waals surface area contributed by atoms with E-state index in [0.717, 1.165) is 104 Å². The predicted molar refractivity (Wildman–Crippen MR) is 233 cm³/mol. The Kier molecular flexibility index (Phi) is 13.5. The van der Waals surface area contributed by atoms with E-state index < -0.39 is 5.41 Å². The molecule has 0 saturated heterocycles. The topological polar surface area (TPSA) is 95.8 Å². The van der Waals surface area contributed by atoms with Crippen LogP contribution in [0.5, 0.6) is 23.0 Å². The highest BCUT2D eigenvalue weighted by atomic mass is 16.5. The first kappa shape index (κ1) is 42.2. The van der Waals surface area contributed by atoms with E-state index >= 15 is 0 Å². The van der Waals surface area contributed by atoms with Crippen molar-refractivity contribution in [1.82, 2.24) is 0 Å². The minimum atomic E-state index is -0.800. The lowest BCUT2D eigenvalue weighted by molar-refractivity contribution is 0.0714. The summed E-state index contributed by atoms with van der Waals surface area (Å²) in [6.45, 7) is 17.5. The van der Waals surface area contributed by atoms with E-state index in [4.69, 9.17) is 28.3 Å². The molecular weight excluding hydrogens is 726 g/mol. The molecule has 0 amide bonds. The van der Waals surface area contributed by atoms with Crippen LogP contribution in [-0.2, 0) is 14.7 Å². The predicted octanol–water partition coefficient (Wildman–Crippen LogP) is 7.60. The maximum Gasteiger partial charge on any atom is 0.330 e. The van der Waals surface area contributed by atoms with Crippen molar-refractivity contribution in [2.75, 3.05) is 46.2 Å². The molecule has 0 bridgehead atoms. The molecule has 1 spiro atoms. The lowest BCUT2D eigenvalue weighted by Crippen LogP contribution is -2.34. The fourth-order valence-corrected chi connectivity index (χ4v) is 8.66. The molecule has 2 radical (unpaired) electrons. The van der Waals surface area contributed by atoms with Gasteiger partial charge in [-0.15, -0.1) is 0 Å². The van der Waals surface area contributed by atoms with Crippen LogP contribution >= 0.6 is 0 Å². The van der Waals surface area contributed by atoms with Crippen molar-refractivity contribution in [3.63, 3.8) is 0 Å². The molecular formula is C48H60B2O8. The summed E-state index contributed by atoms with van der Waals surface area (Å²) in [7, 11) is 3.46. The van der Waals surface area contributed by atoms with Gasteiger partial charge >= 0.3 is 15.0 Å². The Morgan fingerprint density at radius 2 is 1.19 bits per heavy atom. The van der Waals surface area contributed by atoms with Crippen LogP contribution in [0.3, 0.4) is 0 Å². The SMILES string of the molecule is CCC(C)COc1cc2c(cc1OCC(C)CC)C1(c3cc([B]OCCO)ccc3-c3ccc([B]OCCO)cc31)c1cc3c(cc1-2)OC(C(C)CC)C(CC)CO3. The van der Waals surface area contributed by atoms with Gasteiger partial charge in [0.25, 0.3) is 0 Å². The van der Waals surface area contributed by atoms with Crippen molar-refractivity contribution >= 4 is 25.9 Å². The van der Waals surface area contributed by atoms with Crippen molar-refractivity contribution in [1.29, 1.82) is 0 Å². The van der Waals surface area contributed by atoms with Gasteiger partial charge in [0, 0.05) is 5.92 Å². The molecule has 2 aliphatic carbocycles. The van der Waals surface area contributed by atoms with Gasteiger partial charge in [-0.3, -0.25) is 0 Å². The fraction of sp³-hybridized carbons (Fsp3) is 0.500. The van der Waals surface area contributed by atoms with Gasteiger partial charge < -0.3 is 38.5 Å². The van der Waals surface area contributed by atoms with Crippen molar-refractivity contribution in [3.05, 3.63) is 82.9 Å². The zero-order valence-electron chi connectivity index (χ0n) is 35.4. The van der Waals surface area contributed by atoms with Crippen LogP contribution in [0.25, 0.3) is 22.3 Å². The quantitative estimate of drug-likeness (QED) is 0.0641. The second kappa shape index (κ2) is 18.5. The summed E-state index contributed by atoms with van der Waals surface area (Å²) in [5.41, 5.74) is 9.74. The summed E-state index contributed by atoms with van der Waals surface area (Å²) >= 11 is 0. The summed E-state index contributed by atoms with van der Waals surface area (Å²) in [6.07, 6.45) is 4.01. The Morgan fingerprint density at radius 3 is 1.72 bits per heavy atom. The maximum atomic E-state index is 9.52. The Hall–Kier alpha value is -3.95. The molecule has 0 aromatic heterocycles. The minimum Gasteiger partial charge on any atom is -0.489 e. The smallest absolute Gasteiger partial charge is 0.330 e. The third kappa shape index (κ3) is 7.90. The molecule has 5 unspecified atom stereocenters. The number of benzene rings is 4. The Balaban J connectivity index is 1.52. The molecule has 10 heteroatoms. The first-order valence-electron chi connectivity index (χ1n) is 21.5. The minimum absolute atomic E-state index is 0.0249. The molecule has 306 valence electrons. The first-order valence-corrected chi connectivity index (χ1v) is 21.5. The Labute approximate surface area is 347 Å². The number of aliphatic hydroxyl groups is 2. The fourth-order valence-electron chi connectivity index (χ4n) is 8.66. The number of ether oxygens (including phenoxy) is 4. The average molecular weight is 787 g/mol. The van der Waals surface area contributed by atoms with E-state index in [1.165, 1.54) is 0 Å². The molecule has 8 nitrogen and oxygen atoms in total. The van der Waals surface area contributed by atoms with E-state index in [-0.39, 0.29) is 38.4 Å². The molecule has 58 heavy (non-hydrogen) atoms. The van der Waals surface area contributed by atoms with Gasteiger partial charge in [-0.25, -0.2) is 0 Å². The summed E-state index contributed by atoms with van der Waals surface area (Å²) < 4.78 is 38.9. The van der Waals surface area contributed by atoms with Crippen LogP contribution in [-0.4, -0.2) is 77.5 Å². The monoisotopic (exact) mass is 786 g/mol. The molecule has 1 aliphatic heterocycles. The first-order chi connectivity index (χ1) is 28.2. The molecule has 0 fully saturated rings. The van der Waals surface area contributed by atoms with Crippen molar-refractivity contribution < 1.29 is 38.5 Å². The van der Waals surface area contributed by atoms with Gasteiger partial charge in [-0.1, -0.05) is 115 Å². The average Bonchev–Trinajstić information content (AvgIpc) is 3.59. The van der Waals surface area contributed by atoms with E-state index in [0.29, 0.717) is 37.6 Å². The van der Waals surface area contributed by atoms with Gasteiger partial charge in [0.05, 0.1) is 51.7 Å². The number of rotatable bonds is 19. The van der Waals surface area contributed by atoms with Gasteiger partial charge in [0.2, 0.25) is 0 Å². The lowest BCUT2D eigenvalue weighted by Gasteiger charge is -2.32. The largest absolute Gasteiger partial charge is 0.489 e. The van der Waals surface area contributed by atoms with Crippen LogP contribution in [0.4, 0.5) is 0 Å². The van der Waals surface area contributed by atoms with Crippen LogP contribution in [0.1, 0.15) is 96.4 Å². The second-order valence-electron chi connectivity index (χ2n) is 16.6. The third-order valence-electron chi connectivity index (χ3n) is 12.7. The second-order valence-corrected chi connectivity index (χ2v) is 16.6. The molecule has 4 aromatic carbocycles. The molecule has 2 N–H and O–H groups in total. The number of aliphatic hydroxyl groups excluding tert-OH is 2. The molecule has 0 saturated carbocycles. The van der Waals surface area contributed by atoms with Crippen LogP contribution in [0.2, 0.25) is 0 Å². The highest BCUT2D eigenvalue weighted by Gasteiger charge is 2.53. The Morgan fingerprint density at radius 1 is 0.655 bits per heavy atom. The molecule has 4 aromatic rings. The van der Waals surface area contributed by atoms with Crippen LogP contribution in [0.15, 0.2) is 60.7 Å². The van der Waals surface area contributed by atoms with E-state index in [1.807, 2.05) is 0 Å². The van der Waals surface area contributed by atoms with Gasteiger partial charge in [-0.05, 0) is 92.9 Å². The molecule has 3 aliphatic rings. The zero-order valence-corrected chi connectivity index (χ0v) is 35.4. The van der Waals surface area contributed by atoms with Crippen LogP contribution < -0.4 is 29.9 Å². The third-order valence-corrected chi connectivity index (χ3v) is 12.7. The number of hydrogen-bond acceptors (Lipinski definition) is 8. The lowest BCUT2D eigenvalue weighted by atomic mass is 9.68. The highest BCUT2D eigenvalue weighted by molar-refractivity contribution is 6.47. The summed E-state index contributed by atoms with van der Waals surface area (Å²) in [5, 5.41) is 19.0. The Bertz CT molecular complexity index is 1990. The van der Waals surface area contributed by atoms with Crippen molar-refractivity contribution in [2.45, 2.75) is 85.7 Å². The van der Waals surface area contributed by atoms with Gasteiger partial charge in [0.1, 0.15) is 6.10 Å². The standard InChI is InChI=1S/C48H60B2O8/c1-8-29(5)26-53-43-22-37-38-23-46-45(55-28-32(11-4)47(58-46)31(7)10-3)25-42(38)48(41(37)24-44(43)54-27-30(6)9-2)39-20-33(49-56-18-16-51)12-14-35(39)36-15-13-34(21-40(36)48)50-57-19-17-52/h12-15,20-25,29-32,47,51-52H,8-11,16-19,26-28H2,1-7H3. The van der Waals surface area contributed by atoms with E-state index in [9.17, 15) is 10.2 Å². The van der Waals surface area contributed by atoms with Crippen molar-refractivity contribution in [3.8, 4) is 45.3 Å². The summed E-state index contributed by atoms with van der Waals surface area (Å²) in [4.78, 5) is 0. The highest BCUT2D eigenvalue weighted by Crippen LogP contribution is 2.65. The zero-order chi connectivity index (χ0) is 41.0. The molecule has 5 atom stereocenters. The number of hydrogen-bond donors (Lipinski definition) is 2. The van der Waals surface area contributed by atoms with Crippen LogP contribution in [0, 0.1) is 23.7 Å². The van der Waals surface area contributed by atoms with Gasteiger partial charge in [0.15, 0.2) is 23.0 Å². The molecule has 7 rings (SSSR count). The van der Waals surface area contributed by atoms with E-state index in [2.05, 4.69) is 109 Å². The van der Waals surface area contributed by atoms with E-state index in [1.54, 1.807) is 15.0 Å².